The third-order valence-electron chi connectivity index (χ3n) is 3.62. The molecule has 0 saturated heterocycles. The van der Waals surface area contributed by atoms with Gasteiger partial charge in [0, 0.05) is 17.8 Å². The van der Waals surface area contributed by atoms with Crippen LogP contribution in [0.15, 0.2) is 73.1 Å². The molecule has 0 spiro atoms. The van der Waals surface area contributed by atoms with Crippen LogP contribution in [0.5, 0.6) is 0 Å². The summed E-state index contributed by atoms with van der Waals surface area (Å²) in [7, 11) is 0. The molecule has 0 aliphatic heterocycles. The van der Waals surface area contributed by atoms with Crippen molar-refractivity contribution in [2.75, 3.05) is 0 Å². The first-order valence-corrected chi connectivity index (χ1v) is 7.25. The van der Waals surface area contributed by atoms with Crippen LogP contribution in [0.25, 0.3) is 22.4 Å². The molecule has 0 fully saturated rings. The minimum absolute atomic E-state index is 0.726. The van der Waals surface area contributed by atoms with Crippen molar-refractivity contribution in [3.8, 4) is 16.8 Å². The number of hydrogen-bond acceptors (Lipinski definition) is 2. The van der Waals surface area contributed by atoms with E-state index in [0.717, 1.165) is 28.0 Å². The molecule has 3 aromatic rings. The maximum absolute atomic E-state index is 10.7. The first kappa shape index (κ1) is 14.8. The molecule has 3 rings (SSSR count). The van der Waals surface area contributed by atoms with Crippen LogP contribution in [0.3, 0.4) is 0 Å². The number of carbonyl (C=O) groups is 1. The molecule has 2 aromatic carbocycles. The normalized spacial score (nSPS) is 11.4. The largest absolute Gasteiger partial charge is 0.478 e. The van der Waals surface area contributed by atoms with Gasteiger partial charge in [0.05, 0.1) is 11.9 Å². The van der Waals surface area contributed by atoms with Crippen molar-refractivity contribution in [3.05, 3.63) is 78.6 Å². The highest BCUT2D eigenvalue weighted by molar-refractivity contribution is 5.89. The Bertz CT molecular complexity index is 847. The highest BCUT2D eigenvalue weighted by atomic mass is 16.4. The van der Waals surface area contributed by atoms with Gasteiger partial charge < -0.3 is 5.11 Å². The lowest BCUT2D eigenvalue weighted by atomic mass is 10.0. The molecular formula is C19H16N2O2. The zero-order valence-electron chi connectivity index (χ0n) is 12.7. The van der Waals surface area contributed by atoms with E-state index in [-0.39, 0.29) is 0 Å². The monoisotopic (exact) mass is 304 g/mol. The summed E-state index contributed by atoms with van der Waals surface area (Å²) >= 11 is 0. The van der Waals surface area contributed by atoms with Crippen LogP contribution >= 0.6 is 0 Å². The average molecular weight is 304 g/mol. The molecule has 0 saturated carbocycles. The second-order valence-electron chi connectivity index (χ2n) is 5.25. The Balaban J connectivity index is 1.86. The van der Waals surface area contributed by atoms with E-state index < -0.39 is 5.97 Å². The van der Waals surface area contributed by atoms with Gasteiger partial charge in [0.15, 0.2) is 0 Å². The summed E-state index contributed by atoms with van der Waals surface area (Å²) in [6.45, 7) is 1.79. The minimum Gasteiger partial charge on any atom is -0.478 e. The van der Waals surface area contributed by atoms with Gasteiger partial charge >= 0.3 is 5.97 Å². The third-order valence-corrected chi connectivity index (χ3v) is 3.62. The summed E-state index contributed by atoms with van der Waals surface area (Å²) in [5.74, 6) is -0.935. The fourth-order valence-corrected chi connectivity index (χ4v) is 2.39. The standard InChI is InChI=1S/C19H16N2O2/c1-14(11-19(22)23)15-7-9-16(10-8-15)17-12-20-21(13-17)18-5-3-2-4-6-18/h2-13H,1H3,(H,22,23)/b14-11+. The summed E-state index contributed by atoms with van der Waals surface area (Å²) in [5.41, 5.74) is 4.69. The number of benzene rings is 2. The molecule has 1 aromatic heterocycles. The number of rotatable bonds is 4. The van der Waals surface area contributed by atoms with E-state index in [9.17, 15) is 4.79 Å². The summed E-state index contributed by atoms with van der Waals surface area (Å²) in [6.07, 6.45) is 5.01. The van der Waals surface area contributed by atoms with Gasteiger partial charge in [0.2, 0.25) is 0 Å². The van der Waals surface area contributed by atoms with Crippen LogP contribution in [0.2, 0.25) is 0 Å². The van der Waals surface area contributed by atoms with Gasteiger partial charge in [-0.2, -0.15) is 5.10 Å². The lowest BCUT2D eigenvalue weighted by molar-refractivity contribution is -0.131. The van der Waals surface area contributed by atoms with Crippen molar-refractivity contribution in [2.24, 2.45) is 0 Å². The SMILES string of the molecule is C/C(=C\C(=O)O)c1ccc(-c2cnn(-c3ccccc3)c2)cc1. The lowest BCUT2D eigenvalue weighted by Gasteiger charge is -2.03. The molecule has 0 aliphatic rings. The smallest absolute Gasteiger partial charge is 0.328 e. The Labute approximate surface area is 134 Å². The van der Waals surface area contributed by atoms with Crippen molar-refractivity contribution < 1.29 is 9.90 Å². The topological polar surface area (TPSA) is 55.1 Å². The van der Waals surface area contributed by atoms with E-state index in [4.69, 9.17) is 5.11 Å². The molecule has 0 unspecified atom stereocenters. The number of carboxylic acid groups (broad SMARTS) is 1. The zero-order chi connectivity index (χ0) is 16.2. The molecule has 4 heteroatoms. The Hall–Kier alpha value is -3.14. The molecule has 4 nitrogen and oxygen atoms in total. The third kappa shape index (κ3) is 3.37. The van der Waals surface area contributed by atoms with Crippen LogP contribution in [-0.2, 0) is 4.79 Å². The number of carboxylic acids is 1. The quantitative estimate of drug-likeness (QED) is 0.740. The first-order valence-electron chi connectivity index (χ1n) is 7.25. The van der Waals surface area contributed by atoms with Crippen molar-refractivity contribution in [2.45, 2.75) is 6.92 Å². The fourth-order valence-electron chi connectivity index (χ4n) is 2.39. The Morgan fingerprint density at radius 2 is 1.74 bits per heavy atom. The van der Waals surface area contributed by atoms with Crippen molar-refractivity contribution in [1.29, 1.82) is 0 Å². The van der Waals surface area contributed by atoms with Gasteiger partial charge in [0.1, 0.15) is 0 Å². The molecular weight excluding hydrogens is 288 g/mol. The number of hydrogen-bond donors (Lipinski definition) is 1. The van der Waals surface area contributed by atoms with E-state index in [1.807, 2.05) is 71.7 Å². The van der Waals surface area contributed by atoms with Crippen molar-refractivity contribution >= 4 is 11.5 Å². The Morgan fingerprint density at radius 1 is 1.04 bits per heavy atom. The summed E-state index contributed by atoms with van der Waals surface area (Å²) in [4.78, 5) is 10.7. The van der Waals surface area contributed by atoms with Gasteiger partial charge in [0.25, 0.3) is 0 Å². The molecule has 114 valence electrons. The second kappa shape index (κ2) is 6.32. The maximum atomic E-state index is 10.7. The summed E-state index contributed by atoms with van der Waals surface area (Å²) in [5, 5.41) is 13.2. The highest BCUT2D eigenvalue weighted by Crippen LogP contribution is 2.23. The maximum Gasteiger partial charge on any atom is 0.328 e. The van der Waals surface area contributed by atoms with Gasteiger partial charge in [-0.1, -0.05) is 42.5 Å². The van der Waals surface area contributed by atoms with Crippen LogP contribution < -0.4 is 0 Å². The van der Waals surface area contributed by atoms with E-state index in [1.165, 1.54) is 6.08 Å². The molecule has 0 bridgehead atoms. The molecule has 1 N–H and O–H groups in total. The zero-order valence-corrected chi connectivity index (χ0v) is 12.7. The van der Waals surface area contributed by atoms with Gasteiger partial charge in [-0.05, 0) is 35.8 Å². The predicted octanol–water partition coefficient (Wildman–Crippen LogP) is 4.03. The molecule has 0 aliphatic carbocycles. The van der Waals surface area contributed by atoms with E-state index in [1.54, 1.807) is 6.92 Å². The van der Waals surface area contributed by atoms with E-state index in [0.29, 0.717) is 0 Å². The number of allylic oxidation sites excluding steroid dienone is 1. The first-order chi connectivity index (χ1) is 11.1. The van der Waals surface area contributed by atoms with Gasteiger partial charge in [-0.25, -0.2) is 9.48 Å². The van der Waals surface area contributed by atoms with Crippen LogP contribution in [0, 0.1) is 0 Å². The number of nitrogens with zero attached hydrogens (tertiary/aromatic N) is 2. The Kier molecular flexibility index (Phi) is 4.06. The summed E-state index contributed by atoms with van der Waals surface area (Å²) in [6, 6.07) is 17.7. The van der Waals surface area contributed by atoms with Gasteiger partial charge in [-0.3, -0.25) is 0 Å². The molecule has 23 heavy (non-hydrogen) atoms. The van der Waals surface area contributed by atoms with Crippen LogP contribution in [-0.4, -0.2) is 20.9 Å². The molecule has 0 atom stereocenters. The summed E-state index contributed by atoms with van der Waals surface area (Å²) < 4.78 is 1.83. The van der Waals surface area contributed by atoms with Gasteiger partial charge in [-0.15, -0.1) is 0 Å². The Morgan fingerprint density at radius 3 is 2.39 bits per heavy atom. The second-order valence-corrected chi connectivity index (χ2v) is 5.25. The molecule has 0 radical (unpaired) electrons. The van der Waals surface area contributed by atoms with E-state index in [2.05, 4.69) is 5.10 Å². The van der Waals surface area contributed by atoms with Crippen LogP contribution in [0.1, 0.15) is 12.5 Å². The molecule has 1 heterocycles. The average Bonchev–Trinajstić information content (AvgIpc) is 3.05. The van der Waals surface area contributed by atoms with Crippen molar-refractivity contribution in [1.82, 2.24) is 9.78 Å². The minimum atomic E-state index is -0.935. The number of aliphatic carboxylic acids is 1. The highest BCUT2D eigenvalue weighted by Gasteiger charge is 2.04. The van der Waals surface area contributed by atoms with Crippen LogP contribution in [0.4, 0.5) is 0 Å². The fraction of sp³-hybridized carbons (Fsp3) is 0.0526. The molecule has 0 amide bonds. The lowest BCUT2D eigenvalue weighted by Crippen LogP contribution is -1.92. The number of aromatic nitrogens is 2. The predicted molar refractivity (Wildman–Crippen MR) is 90.3 cm³/mol. The number of para-hydroxylation sites is 1. The van der Waals surface area contributed by atoms with E-state index >= 15 is 0 Å². The van der Waals surface area contributed by atoms with Crippen molar-refractivity contribution in [3.63, 3.8) is 0 Å².